The van der Waals surface area contributed by atoms with E-state index in [1.807, 2.05) is 73.7 Å². The fourth-order valence-corrected chi connectivity index (χ4v) is 4.46. The first-order valence-electron chi connectivity index (χ1n) is 11.4. The van der Waals surface area contributed by atoms with Crippen molar-refractivity contribution in [1.82, 2.24) is 25.6 Å². The van der Waals surface area contributed by atoms with Crippen LogP contribution in [0.25, 0.3) is 33.4 Å². The van der Waals surface area contributed by atoms with Gasteiger partial charge in [-0.05, 0) is 59.9 Å². The second-order valence-electron chi connectivity index (χ2n) is 8.66. The number of aromatic amines is 1. The third-order valence-corrected chi connectivity index (χ3v) is 6.28. The molecule has 2 heterocycles. The predicted octanol–water partition coefficient (Wildman–Crippen LogP) is -0.00878. The number of hydrogen-bond acceptors (Lipinski definition) is 6. The number of nitrogens with one attached hydrogen (secondary N) is 1. The number of tetrazole rings is 1. The van der Waals surface area contributed by atoms with Gasteiger partial charge in [0.1, 0.15) is 11.3 Å². The van der Waals surface area contributed by atoms with Crippen LogP contribution in [0.1, 0.15) is 43.2 Å². The molecule has 176 valence electrons. The number of pyridine rings is 1. The number of rotatable bonds is 6. The van der Waals surface area contributed by atoms with Gasteiger partial charge < -0.3 is 12.7 Å². The zero-order valence-electron chi connectivity index (χ0n) is 22.9. The Balaban J connectivity index is 0.00000133. The number of aromatic nitrogens is 5. The van der Waals surface area contributed by atoms with E-state index in [1.54, 1.807) is 0 Å². The molecule has 10 heteroatoms. The van der Waals surface area contributed by atoms with Crippen molar-refractivity contribution in [3.8, 4) is 34.0 Å². The van der Waals surface area contributed by atoms with Crippen molar-refractivity contribution in [2.45, 2.75) is 25.7 Å². The van der Waals surface area contributed by atoms with Crippen LogP contribution >= 0.6 is 0 Å². The average Bonchev–Trinajstić information content (AvgIpc) is 3.57. The molecule has 6 rings (SSSR count). The van der Waals surface area contributed by atoms with Crippen LogP contribution in [0.15, 0.2) is 66.7 Å². The van der Waals surface area contributed by atoms with E-state index in [0.29, 0.717) is 33.9 Å². The first-order chi connectivity index (χ1) is 17.1. The summed E-state index contributed by atoms with van der Waals surface area (Å²) in [6.45, 7) is 1.90. The van der Waals surface area contributed by atoms with E-state index < -0.39 is 5.97 Å². The second-order valence-corrected chi connectivity index (χ2v) is 8.66. The predicted molar refractivity (Wildman–Crippen MR) is 133 cm³/mol. The van der Waals surface area contributed by atoms with Crippen LogP contribution in [0.5, 0.6) is 11.5 Å². The summed E-state index contributed by atoms with van der Waals surface area (Å²) in [5.74, 6) is 0.591. The normalized spacial score (nSPS) is 12.5. The van der Waals surface area contributed by atoms with Gasteiger partial charge in [-0.2, -0.15) is 5.21 Å². The average molecular weight is 479 g/mol. The van der Waals surface area contributed by atoms with Crippen molar-refractivity contribution >= 4 is 16.9 Å². The number of ether oxygens (including phenoxy) is 1. The number of carboxylic acid groups (broad SMARTS) is 1. The quantitative estimate of drug-likeness (QED) is 0.330. The van der Waals surface area contributed by atoms with E-state index in [4.69, 9.17) is 9.72 Å². The molecule has 5 aromatic rings. The minimum absolute atomic E-state index is 0. The second kappa shape index (κ2) is 10.9. The summed E-state index contributed by atoms with van der Waals surface area (Å²) < 4.78 is 6.28. The van der Waals surface area contributed by atoms with Crippen LogP contribution in [0.2, 0.25) is 0 Å². The van der Waals surface area contributed by atoms with Gasteiger partial charge in [0, 0.05) is 16.9 Å². The Hall–Kier alpha value is -3.40. The fourth-order valence-electron chi connectivity index (χ4n) is 4.46. The molecule has 0 unspecified atom stereocenters. The molecule has 1 aliphatic rings. The zero-order valence-corrected chi connectivity index (χ0v) is 20.9. The summed E-state index contributed by atoms with van der Waals surface area (Å²) in [7, 11) is 0. The Bertz CT molecular complexity index is 1580. The van der Waals surface area contributed by atoms with Gasteiger partial charge in [-0.1, -0.05) is 48.5 Å². The standard InChI is InChI=1S/C27H21N5O3.2Li.2H/c1-15-5-4-8-21-22(15)23(27(33)34)25(24(28-21)17-9-10-17)35-18-13-11-16(12-14-18)19-6-2-3-7-20(19)26-29-31-32-30-26;;;;/h2-8,11-14,17H,9-10H2,1H3,(H,33,34)(H,29,30,31,32);;;;/q;2*+1;2*-1. The van der Waals surface area contributed by atoms with E-state index in [0.717, 1.165) is 35.1 Å². The van der Waals surface area contributed by atoms with Gasteiger partial charge in [0.05, 0.1) is 11.2 Å². The summed E-state index contributed by atoms with van der Waals surface area (Å²) in [4.78, 5) is 17.3. The van der Waals surface area contributed by atoms with E-state index in [-0.39, 0.29) is 52.1 Å². The Kier molecular flexibility index (Phi) is 7.87. The number of nitrogens with zero attached hydrogens (tertiary/aromatic N) is 4. The van der Waals surface area contributed by atoms with E-state index >= 15 is 0 Å². The first kappa shape index (κ1) is 26.7. The summed E-state index contributed by atoms with van der Waals surface area (Å²) in [6.07, 6.45) is 1.96. The van der Waals surface area contributed by atoms with Gasteiger partial charge in [0.15, 0.2) is 5.75 Å². The molecule has 0 radical (unpaired) electrons. The topological polar surface area (TPSA) is 114 Å². The van der Waals surface area contributed by atoms with Crippen molar-refractivity contribution in [2.75, 3.05) is 0 Å². The molecular formula is C27H23Li2N5O3. The molecule has 0 amide bonds. The molecule has 2 aromatic heterocycles. The van der Waals surface area contributed by atoms with Crippen LogP contribution < -0.4 is 42.5 Å². The Labute approximate surface area is 240 Å². The molecule has 0 spiro atoms. The maximum absolute atomic E-state index is 12.4. The summed E-state index contributed by atoms with van der Waals surface area (Å²) in [5, 5.41) is 25.1. The van der Waals surface area contributed by atoms with Crippen LogP contribution in [-0.2, 0) is 0 Å². The number of carboxylic acids is 1. The monoisotopic (exact) mass is 479 g/mol. The number of benzene rings is 3. The Morgan fingerprint density at radius 1 is 1.00 bits per heavy atom. The molecule has 37 heavy (non-hydrogen) atoms. The van der Waals surface area contributed by atoms with Gasteiger partial charge in [-0.25, -0.2) is 9.78 Å². The first-order valence-corrected chi connectivity index (χ1v) is 11.4. The summed E-state index contributed by atoms with van der Waals surface area (Å²) >= 11 is 0. The molecule has 2 N–H and O–H groups in total. The fraction of sp³-hybridized carbons (Fsp3) is 0.148. The Morgan fingerprint density at radius 3 is 2.38 bits per heavy atom. The van der Waals surface area contributed by atoms with Crippen molar-refractivity contribution < 1.29 is 55.2 Å². The number of H-pyrrole nitrogens is 1. The minimum Gasteiger partial charge on any atom is -1.00 e. The molecule has 3 aromatic carbocycles. The minimum atomic E-state index is -1.02. The SMILES string of the molecule is Cc1cccc2nc(C3CC3)c(Oc3ccc(-c4ccccc4-c4nn[nH]n4)cc3)c(C(=O)O)c12.[H-].[H-].[Li+].[Li+]. The largest absolute Gasteiger partial charge is 1.00 e. The van der Waals surface area contributed by atoms with Gasteiger partial charge in [-0.15, -0.1) is 10.2 Å². The molecule has 0 atom stereocenters. The molecule has 0 bridgehead atoms. The van der Waals surface area contributed by atoms with E-state index in [1.165, 1.54) is 0 Å². The molecular weight excluding hydrogens is 456 g/mol. The van der Waals surface area contributed by atoms with Gasteiger partial charge in [-0.3, -0.25) is 0 Å². The summed E-state index contributed by atoms with van der Waals surface area (Å²) in [5.41, 5.74) is 5.18. The molecule has 1 fully saturated rings. The van der Waals surface area contributed by atoms with Gasteiger partial charge in [0.2, 0.25) is 5.82 Å². The van der Waals surface area contributed by atoms with Gasteiger partial charge >= 0.3 is 43.7 Å². The van der Waals surface area contributed by atoms with E-state index in [2.05, 4.69) is 20.6 Å². The van der Waals surface area contributed by atoms with Crippen molar-refractivity contribution in [2.24, 2.45) is 0 Å². The maximum Gasteiger partial charge on any atom is 1.00 e. The van der Waals surface area contributed by atoms with E-state index in [9.17, 15) is 9.90 Å². The van der Waals surface area contributed by atoms with Crippen LogP contribution in [-0.4, -0.2) is 36.7 Å². The Morgan fingerprint density at radius 2 is 1.73 bits per heavy atom. The van der Waals surface area contributed by atoms with Gasteiger partial charge in [0.25, 0.3) is 0 Å². The van der Waals surface area contributed by atoms with Crippen LogP contribution in [0.3, 0.4) is 0 Å². The molecule has 8 nitrogen and oxygen atoms in total. The maximum atomic E-state index is 12.4. The van der Waals surface area contributed by atoms with Crippen molar-refractivity contribution in [3.05, 3.63) is 83.6 Å². The number of aromatic carboxylic acids is 1. The third-order valence-electron chi connectivity index (χ3n) is 6.28. The smallest absolute Gasteiger partial charge is 1.00 e. The van der Waals surface area contributed by atoms with Crippen molar-refractivity contribution in [3.63, 3.8) is 0 Å². The molecule has 1 aliphatic carbocycles. The van der Waals surface area contributed by atoms with Crippen LogP contribution in [0.4, 0.5) is 0 Å². The third kappa shape index (κ3) is 5.07. The zero-order chi connectivity index (χ0) is 23.9. The molecule has 0 saturated heterocycles. The number of aryl methyl sites for hydroxylation is 1. The number of hydrogen-bond donors (Lipinski definition) is 2. The number of fused-ring (bicyclic) bond motifs is 1. The van der Waals surface area contributed by atoms with Crippen molar-refractivity contribution in [1.29, 1.82) is 0 Å². The summed E-state index contributed by atoms with van der Waals surface area (Å²) in [6, 6.07) is 21.0. The molecule has 1 saturated carbocycles. The van der Waals surface area contributed by atoms with Crippen LogP contribution in [0, 0.1) is 6.92 Å². The molecule has 0 aliphatic heterocycles. The number of carbonyl (C=O) groups is 1.